The first-order chi connectivity index (χ1) is 13.9. The molecule has 158 valence electrons. The number of rotatable bonds is 5. The zero-order valence-corrected chi connectivity index (χ0v) is 16.8. The summed E-state index contributed by atoms with van der Waals surface area (Å²) in [6.07, 6.45) is 0.916. The molecule has 9 nitrogen and oxygen atoms in total. The Balaban J connectivity index is 1.77. The summed E-state index contributed by atoms with van der Waals surface area (Å²) in [6.45, 7) is 0.178. The fourth-order valence-corrected chi connectivity index (χ4v) is 3.70. The molecule has 0 aromatic heterocycles. The molecule has 0 spiro atoms. The molecule has 1 aromatic carbocycles. The molecule has 3 atom stereocenters. The lowest BCUT2D eigenvalue weighted by Crippen LogP contribution is -2.53. The van der Waals surface area contributed by atoms with Crippen LogP contribution in [0.5, 0.6) is 5.75 Å². The topological polar surface area (TPSA) is 103 Å². The predicted octanol–water partition coefficient (Wildman–Crippen LogP) is 1.22. The van der Waals surface area contributed by atoms with Crippen molar-refractivity contribution in [2.45, 2.75) is 37.5 Å². The summed E-state index contributed by atoms with van der Waals surface area (Å²) >= 11 is 0. The number of benzene rings is 1. The maximum absolute atomic E-state index is 13.1. The van der Waals surface area contributed by atoms with Gasteiger partial charge in [0.2, 0.25) is 5.91 Å². The van der Waals surface area contributed by atoms with Gasteiger partial charge in [-0.2, -0.15) is 0 Å². The Bertz CT molecular complexity index is 782. The van der Waals surface area contributed by atoms with Gasteiger partial charge in [0.05, 0.1) is 31.2 Å². The first kappa shape index (κ1) is 21.1. The van der Waals surface area contributed by atoms with Crippen molar-refractivity contribution in [3.63, 3.8) is 0 Å². The number of nitrogens with zero attached hydrogens (tertiary/aromatic N) is 1. The molecule has 9 heteroatoms. The molecular weight excluding hydrogens is 380 g/mol. The molecule has 2 heterocycles. The Morgan fingerprint density at radius 3 is 2.79 bits per heavy atom. The first-order valence-corrected chi connectivity index (χ1v) is 9.48. The molecule has 1 saturated heterocycles. The number of carbonyl (C=O) groups is 3. The van der Waals surface area contributed by atoms with Gasteiger partial charge in [-0.15, -0.1) is 0 Å². The number of carbonyl (C=O) groups excluding carboxylic acids is 3. The molecule has 0 radical (unpaired) electrons. The maximum atomic E-state index is 13.1. The minimum Gasteiger partial charge on any atom is -0.490 e. The van der Waals surface area contributed by atoms with Crippen LogP contribution in [0.4, 0.5) is 5.69 Å². The summed E-state index contributed by atoms with van der Waals surface area (Å²) in [5, 5.41) is 2.69. The van der Waals surface area contributed by atoms with Crippen molar-refractivity contribution in [3.8, 4) is 5.75 Å². The minimum atomic E-state index is -0.346. The van der Waals surface area contributed by atoms with E-state index < -0.39 is 0 Å². The van der Waals surface area contributed by atoms with Crippen molar-refractivity contribution in [1.82, 2.24) is 4.90 Å². The average Bonchev–Trinajstić information content (AvgIpc) is 2.71. The molecule has 2 aliphatic rings. The number of esters is 1. The van der Waals surface area contributed by atoms with Gasteiger partial charge < -0.3 is 29.2 Å². The normalized spacial score (nSPS) is 23.8. The first-order valence-electron chi connectivity index (χ1n) is 9.48. The third-order valence-corrected chi connectivity index (χ3v) is 5.19. The second-order valence-corrected chi connectivity index (χ2v) is 7.14. The van der Waals surface area contributed by atoms with Gasteiger partial charge in [-0.05, 0) is 31.0 Å². The zero-order chi connectivity index (χ0) is 21.0. The highest BCUT2D eigenvalue weighted by atomic mass is 16.6. The summed E-state index contributed by atoms with van der Waals surface area (Å²) in [5.41, 5.74) is 0.865. The quantitative estimate of drug-likeness (QED) is 0.733. The summed E-state index contributed by atoms with van der Waals surface area (Å²) < 4.78 is 21.4. The molecule has 1 N–H and O–H groups in total. The van der Waals surface area contributed by atoms with Crippen LogP contribution in [0.15, 0.2) is 18.2 Å². The van der Waals surface area contributed by atoms with E-state index in [0.29, 0.717) is 29.8 Å². The number of likely N-dealkylation sites (N-methyl/N-ethyl adjacent to an activating group) is 1. The molecule has 2 amide bonds. The van der Waals surface area contributed by atoms with Crippen molar-refractivity contribution < 1.29 is 33.3 Å². The van der Waals surface area contributed by atoms with Crippen molar-refractivity contribution in [2.24, 2.45) is 0 Å². The van der Waals surface area contributed by atoms with E-state index in [1.807, 2.05) is 0 Å². The third-order valence-electron chi connectivity index (χ3n) is 5.19. The fraction of sp³-hybridized carbons (Fsp3) is 0.550. The van der Waals surface area contributed by atoms with Crippen LogP contribution in [0.2, 0.25) is 0 Å². The Kier molecular flexibility index (Phi) is 6.71. The van der Waals surface area contributed by atoms with E-state index in [-0.39, 0.29) is 55.7 Å². The van der Waals surface area contributed by atoms with E-state index in [1.54, 1.807) is 30.1 Å². The summed E-state index contributed by atoms with van der Waals surface area (Å²) in [4.78, 5) is 38.1. The van der Waals surface area contributed by atoms with Crippen LogP contribution < -0.4 is 10.1 Å². The zero-order valence-electron chi connectivity index (χ0n) is 16.8. The Labute approximate surface area is 169 Å². The Morgan fingerprint density at radius 2 is 2.07 bits per heavy atom. The van der Waals surface area contributed by atoms with Gasteiger partial charge in [0.25, 0.3) is 5.91 Å². The van der Waals surface area contributed by atoms with E-state index in [1.165, 1.54) is 14.2 Å². The van der Waals surface area contributed by atoms with Crippen LogP contribution in [0, 0.1) is 0 Å². The van der Waals surface area contributed by atoms with Gasteiger partial charge in [-0.25, -0.2) is 0 Å². The van der Waals surface area contributed by atoms with Crippen LogP contribution >= 0.6 is 0 Å². The average molecular weight is 406 g/mol. The van der Waals surface area contributed by atoms with Crippen LogP contribution in [0.1, 0.15) is 29.6 Å². The number of ether oxygens (including phenoxy) is 4. The number of methoxy groups -OCH3 is 2. The second-order valence-electron chi connectivity index (χ2n) is 7.14. The molecule has 1 fully saturated rings. The lowest BCUT2D eigenvalue weighted by Gasteiger charge is -2.42. The van der Waals surface area contributed by atoms with Gasteiger partial charge in [0.15, 0.2) is 0 Å². The van der Waals surface area contributed by atoms with Gasteiger partial charge in [-0.3, -0.25) is 14.4 Å². The fourth-order valence-electron chi connectivity index (χ4n) is 3.70. The second kappa shape index (κ2) is 9.23. The Hall–Kier alpha value is -2.65. The molecule has 0 bridgehead atoms. The van der Waals surface area contributed by atoms with Crippen molar-refractivity contribution in [1.29, 1.82) is 0 Å². The number of amides is 2. The Morgan fingerprint density at radius 1 is 1.28 bits per heavy atom. The summed E-state index contributed by atoms with van der Waals surface area (Å²) in [5.74, 6) is -0.424. The molecule has 2 aliphatic heterocycles. The largest absolute Gasteiger partial charge is 0.490 e. The van der Waals surface area contributed by atoms with Crippen LogP contribution in [-0.4, -0.2) is 75.4 Å². The summed E-state index contributed by atoms with van der Waals surface area (Å²) in [6, 6.07) is 4.75. The molecular formula is C20H26N2O7. The van der Waals surface area contributed by atoms with E-state index >= 15 is 0 Å². The van der Waals surface area contributed by atoms with Crippen LogP contribution in [-0.2, 0) is 23.8 Å². The van der Waals surface area contributed by atoms with Crippen molar-refractivity contribution in [2.75, 3.05) is 39.8 Å². The lowest BCUT2D eigenvalue weighted by atomic mass is 9.94. The smallest absolute Gasteiger partial charge is 0.308 e. The monoisotopic (exact) mass is 406 g/mol. The third kappa shape index (κ3) is 4.86. The highest BCUT2D eigenvalue weighted by Crippen LogP contribution is 2.32. The number of hydrogen-bond acceptors (Lipinski definition) is 7. The minimum absolute atomic E-state index is 0.0741. The molecule has 29 heavy (non-hydrogen) atoms. The predicted molar refractivity (Wildman–Crippen MR) is 103 cm³/mol. The van der Waals surface area contributed by atoms with E-state index in [0.717, 1.165) is 0 Å². The van der Waals surface area contributed by atoms with Gasteiger partial charge >= 0.3 is 5.97 Å². The van der Waals surface area contributed by atoms with Crippen LogP contribution in [0.3, 0.4) is 0 Å². The molecule has 0 saturated carbocycles. The maximum Gasteiger partial charge on any atom is 0.308 e. The van der Waals surface area contributed by atoms with Crippen molar-refractivity contribution in [3.05, 3.63) is 23.8 Å². The van der Waals surface area contributed by atoms with E-state index in [4.69, 9.17) is 18.9 Å². The highest BCUT2D eigenvalue weighted by Gasteiger charge is 2.39. The molecule has 0 aliphatic carbocycles. The van der Waals surface area contributed by atoms with Crippen LogP contribution in [0.25, 0.3) is 0 Å². The standard InChI is InChI=1S/C20H26N2O7/c1-22-15-6-5-13(9-19(24)27-3)29-17(15)10-28-16-7-4-12(8-14(16)20(22)25)21-18(23)11-26-2/h4,7-8,13,15,17H,5-6,9-11H2,1-3H3,(H,21,23)/t13-,15-,17+/m0/s1. The van der Waals surface area contributed by atoms with Crippen molar-refractivity contribution >= 4 is 23.5 Å². The number of hydrogen-bond donors (Lipinski definition) is 1. The van der Waals surface area contributed by atoms with E-state index in [2.05, 4.69) is 5.32 Å². The molecule has 0 unspecified atom stereocenters. The highest BCUT2D eigenvalue weighted by molar-refractivity contribution is 6.00. The van der Waals surface area contributed by atoms with Gasteiger partial charge in [-0.1, -0.05) is 0 Å². The number of fused-ring (bicyclic) bond motifs is 2. The summed E-state index contributed by atoms with van der Waals surface area (Å²) in [7, 11) is 4.52. The van der Waals surface area contributed by atoms with E-state index in [9.17, 15) is 14.4 Å². The molecule has 1 aromatic rings. The SMILES string of the molecule is COCC(=O)Nc1ccc2c(c1)C(=O)N(C)[C@H]1CC[C@@H](CC(=O)OC)O[C@@H]1CO2. The lowest BCUT2D eigenvalue weighted by molar-refractivity contribution is -0.151. The van der Waals surface area contributed by atoms with Gasteiger partial charge in [0, 0.05) is 19.8 Å². The van der Waals surface area contributed by atoms with Gasteiger partial charge in [0.1, 0.15) is 25.1 Å². The number of anilines is 1. The number of nitrogens with one attached hydrogen (secondary N) is 1. The molecule has 3 rings (SSSR count).